The molecule has 7 heteroatoms. The predicted octanol–water partition coefficient (Wildman–Crippen LogP) is 2.28. The number of thiazole rings is 1. The van der Waals surface area contributed by atoms with Crippen LogP contribution in [0.5, 0.6) is 0 Å². The van der Waals surface area contributed by atoms with E-state index in [9.17, 15) is 9.59 Å². The van der Waals surface area contributed by atoms with E-state index < -0.39 is 6.04 Å². The summed E-state index contributed by atoms with van der Waals surface area (Å²) in [6.07, 6.45) is 9.47. The van der Waals surface area contributed by atoms with Gasteiger partial charge in [0.1, 0.15) is 0 Å². The van der Waals surface area contributed by atoms with Gasteiger partial charge in [-0.25, -0.2) is 4.98 Å². The van der Waals surface area contributed by atoms with Crippen molar-refractivity contribution in [2.24, 2.45) is 11.7 Å². The first kappa shape index (κ1) is 17.9. The van der Waals surface area contributed by atoms with Gasteiger partial charge in [0.25, 0.3) is 0 Å². The molecule has 23 heavy (non-hydrogen) atoms. The normalized spacial score (nSPS) is 16.2. The monoisotopic (exact) mass is 338 g/mol. The molecule has 0 bridgehead atoms. The number of aromatic nitrogens is 1. The van der Waals surface area contributed by atoms with Crippen molar-refractivity contribution in [2.45, 2.75) is 57.4 Å². The lowest BCUT2D eigenvalue weighted by Gasteiger charge is -2.11. The number of hydrogen-bond acceptors (Lipinski definition) is 5. The van der Waals surface area contributed by atoms with Crippen molar-refractivity contribution in [2.75, 3.05) is 11.9 Å². The Kier molecular flexibility index (Phi) is 7.48. The molecule has 0 spiro atoms. The molecular formula is C16H26N4O2S. The van der Waals surface area contributed by atoms with E-state index in [1.165, 1.54) is 37.0 Å². The van der Waals surface area contributed by atoms with Gasteiger partial charge < -0.3 is 16.4 Å². The highest BCUT2D eigenvalue weighted by molar-refractivity contribution is 7.13. The molecule has 1 atom stereocenters. The Hall–Kier alpha value is -1.47. The van der Waals surface area contributed by atoms with Crippen LogP contribution in [0, 0.1) is 5.92 Å². The van der Waals surface area contributed by atoms with Crippen molar-refractivity contribution < 1.29 is 9.59 Å². The first-order valence-electron chi connectivity index (χ1n) is 8.38. The Morgan fingerprint density at radius 1 is 1.35 bits per heavy atom. The van der Waals surface area contributed by atoms with E-state index in [0.717, 1.165) is 12.8 Å². The minimum absolute atomic E-state index is 0.155. The van der Waals surface area contributed by atoms with E-state index in [1.807, 2.05) is 0 Å². The number of carbonyl (C=O) groups is 2. The third-order valence-electron chi connectivity index (χ3n) is 4.21. The van der Waals surface area contributed by atoms with Gasteiger partial charge in [0, 0.05) is 24.5 Å². The highest BCUT2D eigenvalue weighted by atomic mass is 32.1. The van der Waals surface area contributed by atoms with Crippen LogP contribution in [0.15, 0.2) is 11.6 Å². The number of rotatable bonds is 9. The number of nitrogens with one attached hydrogen (secondary N) is 2. The lowest BCUT2D eigenvalue weighted by molar-refractivity contribution is -0.122. The number of hydrogen-bond donors (Lipinski definition) is 3. The molecular weight excluding hydrogens is 312 g/mol. The highest BCUT2D eigenvalue weighted by Crippen LogP contribution is 2.27. The minimum Gasteiger partial charge on any atom is -0.356 e. The molecule has 1 fully saturated rings. The molecule has 1 aromatic heterocycles. The van der Waals surface area contributed by atoms with Crippen LogP contribution in [-0.4, -0.2) is 29.4 Å². The third-order valence-corrected chi connectivity index (χ3v) is 4.90. The van der Waals surface area contributed by atoms with E-state index in [1.54, 1.807) is 11.6 Å². The van der Waals surface area contributed by atoms with Gasteiger partial charge >= 0.3 is 0 Å². The van der Waals surface area contributed by atoms with E-state index >= 15 is 0 Å². The van der Waals surface area contributed by atoms with Gasteiger partial charge in [0.15, 0.2) is 5.13 Å². The fourth-order valence-electron chi connectivity index (χ4n) is 2.88. The molecule has 1 heterocycles. The van der Waals surface area contributed by atoms with Crippen molar-refractivity contribution in [3.8, 4) is 0 Å². The van der Waals surface area contributed by atoms with Gasteiger partial charge in [-0.2, -0.15) is 0 Å². The molecule has 4 N–H and O–H groups in total. The highest BCUT2D eigenvalue weighted by Gasteiger charge is 2.18. The van der Waals surface area contributed by atoms with E-state index in [4.69, 9.17) is 5.73 Å². The molecule has 0 unspecified atom stereocenters. The van der Waals surface area contributed by atoms with E-state index in [2.05, 4.69) is 15.6 Å². The van der Waals surface area contributed by atoms with Crippen LogP contribution in [0.2, 0.25) is 0 Å². The maximum Gasteiger partial charge on any atom is 0.243 e. The number of nitrogens with zero attached hydrogens (tertiary/aromatic N) is 1. The maximum atomic E-state index is 11.8. The lowest BCUT2D eigenvalue weighted by atomic mass is 10.0. The Bertz CT molecular complexity index is 486. The summed E-state index contributed by atoms with van der Waals surface area (Å²) in [5, 5.41) is 8.03. The minimum atomic E-state index is -0.534. The predicted molar refractivity (Wildman–Crippen MR) is 92.2 cm³/mol. The zero-order chi connectivity index (χ0) is 16.5. The van der Waals surface area contributed by atoms with Crippen LogP contribution in [0.25, 0.3) is 0 Å². The molecule has 2 rings (SSSR count). The van der Waals surface area contributed by atoms with Gasteiger partial charge in [0.2, 0.25) is 11.8 Å². The van der Waals surface area contributed by atoms with E-state index in [-0.39, 0.29) is 11.8 Å². The first-order chi connectivity index (χ1) is 11.1. The van der Waals surface area contributed by atoms with E-state index in [0.29, 0.717) is 30.4 Å². The van der Waals surface area contributed by atoms with Crippen LogP contribution in [0.4, 0.5) is 5.13 Å². The Morgan fingerprint density at radius 2 is 2.13 bits per heavy atom. The van der Waals surface area contributed by atoms with Crippen LogP contribution in [0.1, 0.15) is 51.4 Å². The average Bonchev–Trinajstić information content (AvgIpc) is 3.20. The second-order valence-corrected chi connectivity index (χ2v) is 7.03. The number of unbranched alkanes of at least 4 members (excludes halogenated alkanes) is 1. The van der Waals surface area contributed by atoms with Crippen molar-refractivity contribution in [3.05, 3.63) is 11.6 Å². The first-order valence-corrected chi connectivity index (χ1v) is 9.25. The Labute approximate surface area is 141 Å². The molecule has 1 saturated carbocycles. The summed E-state index contributed by atoms with van der Waals surface area (Å²) >= 11 is 1.37. The molecule has 128 valence electrons. The fourth-order valence-corrected chi connectivity index (χ4v) is 3.41. The topological polar surface area (TPSA) is 97.1 Å². The van der Waals surface area contributed by atoms with Crippen molar-refractivity contribution in [1.82, 2.24) is 10.3 Å². The second kappa shape index (κ2) is 9.62. The molecule has 0 radical (unpaired) electrons. The van der Waals surface area contributed by atoms with Crippen molar-refractivity contribution in [1.29, 1.82) is 0 Å². The second-order valence-electron chi connectivity index (χ2n) is 6.13. The van der Waals surface area contributed by atoms with Crippen LogP contribution >= 0.6 is 11.3 Å². The summed E-state index contributed by atoms with van der Waals surface area (Å²) in [5.41, 5.74) is 5.86. The van der Waals surface area contributed by atoms with Gasteiger partial charge in [-0.1, -0.05) is 12.8 Å². The largest absolute Gasteiger partial charge is 0.356 e. The number of nitrogens with two attached hydrogens (primary N) is 1. The van der Waals surface area contributed by atoms with Crippen LogP contribution in [-0.2, 0) is 9.59 Å². The summed E-state index contributed by atoms with van der Waals surface area (Å²) in [6.45, 7) is 0.659. The molecule has 1 aliphatic carbocycles. The van der Waals surface area contributed by atoms with Gasteiger partial charge in [-0.15, -0.1) is 11.3 Å². The van der Waals surface area contributed by atoms with Crippen LogP contribution in [0.3, 0.4) is 0 Å². The maximum absolute atomic E-state index is 11.8. The average molecular weight is 338 g/mol. The van der Waals surface area contributed by atoms with Crippen molar-refractivity contribution in [3.63, 3.8) is 0 Å². The summed E-state index contributed by atoms with van der Waals surface area (Å²) in [5.74, 6) is 0.533. The summed E-state index contributed by atoms with van der Waals surface area (Å²) in [4.78, 5) is 27.6. The fraction of sp³-hybridized carbons (Fsp3) is 0.688. The summed E-state index contributed by atoms with van der Waals surface area (Å²) in [7, 11) is 0. The molecule has 0 aromatic carbocycles. The summed E-state index contributed by atoms with van der Waals surface area (Å²) in [6, 6.07) is -0.534. The SMILES string of the molecule is N[C@@H](CCCCNC(=O)CC1CCCC1)C(=O)Nc1nccs1. The standard InChI is InChI=1S/C16H26N4O2S/c17-13(15(22)20-16-19-9-10-23-16)7-3-4-8-18-14(21)11-12-5-1-2-6-12/h9-10,12-13H,1-8,11,17H2,(H,18,21)(H,19,20,22)/t13-/m0/s1. The molecule has 1 aromatic rings. The number of amides is 2. The molecule has 2 amide bonds. The molecule has 1 aliphatic rings. The van der Waals surface area contributed by atoms with Crippen LogP contribution < -0.4 is 16.4 Å². The van der Waals surface area contributed by atoms with Crippen molar-refractivity contribution >= 4 is 28.3 Å². The molecule has 0 saturated heterocycles. The Balaban J connectivity index is 1.50. The van der Waals surface area contributed by atoms with Gasteiger partial charge in [0.05, 0.1) is 6.04 Å². The number of anilines is 1. The molecule has 6 nitrogen and oxygen atoms in total. The summed E-state index contributed by atoms with van der Waals surface area (Å²) < 4.78 is 0. The quantitative estimate of drug-likeness (QED) is 0.602. The van der Waals surface area contributed by atoms with Gasteiger partial charge in [-0.05, 0) is 38.0 Å². The lowest BCUT2D eigenvalue weighted by Crippen LogP contribution is -2.35. The van der Waals surface area contributed by atoms with Gasteiger partial charge in [-0.3, -0.25) is 9.59 Å². The Morgan fingerprint density at radius 3 is 2.83 bits per heavy atom. The number of carbonyl (C=O) groups excluding carboxylic acids is 2. The zero-order valence-electron chi connectivity index (χ0n) is 13.4. The zero-order valence-corrected chi connectivity index (χ0v) is 14.2. The smallest absolute Gasteiger partial charge is 0.243 e. The third kappa shape index (κ3) is 6.66. The molecule has 0 aliphatic heterocycles.